The van der Waals surface area contributed by atoms with Gasteiger partial charge in [0, 0.05) is 11.1 Å². The number of hydrogen-bond acceptors (Lipinski definition) is 6. The van der Waals surface area contributed by atoms with Crippen LogP contribution in [0.2, 0.25) is 0 Å². The van der Waals surface area contributed by atoms with Crippen molar-refractivity contribution < 1.29 is 13.2 Å². The number of aryl methyl sites for hydroxylation is 1. The van der Waals surface area contributed by atoms with Crippen molar-refractivity contribution in [1.82, 2.24) is 15.2 Å². The average Bonchev–Trinajstić information content (AvgIpc) is 2.96. The number of sulfonamides is 1. The topological polar surface area (TPSA) is 88.2 Å². The average molecular weight is 396 g/mol. The van der Waals surface area contributed by atoms with Gasteiger partial charge in [-0.15, -0.1) is 27.5 Å². The van der Waals surface area contributed by atoms with E-state index in [0.717, 1.165) is 17.0 Å². The summed E-state index contributed by atoms with van der Waals surface area (Å²) in [5.74, 6) is -0.460. The standard InChI is InChI=1S/C10H10BrN3O3S3/c1-6-5-18-9(12-6)4-8(15)13-14-20(16,17)10-3-2-7(11)19-10/h2-3,5,14H,4H2,1H3,(H,13,15). The fourth-order valence-corrected chi connectivity index (χ4v) is 4.92. The summed E-state index contributed by atoms with van der Waals surface area (Å²) in [5, 5.41) is 2.47. The summed E-state index contributed by atoms with van der Waals surface area (Å²) in [5.41, 5.74) is 3.00. The van der Waals surface area contributed by atoms with Crippen molar-refractivity contribution in [3.8, 4) is 0 Å². The van der Waals surface area contributed by atoms with Gasteiger partial charge in [0.05, 0.1) is 10.2 Å². The predicted octanol–water partition coefficient (Wildman–Crippen LogP) is 1.83. The molecule has 108 valence electrons. The number of nitrogens with zero attached hydrogens (tertiary/aromatic N) is 1. The number of hydrazine groups is 1. The van der Waals surface area contributed by atoms with Crippen molar-refractivity contribution in [1.29, 1.82) is 0 Å². The molecule has 6 nitrogen and oxygen atoms in total. The van der Waals surface area contributed by atoms with Gasteiger partial charge in [0.2, 0.25) is 5.91 Å². The number of thiophene rings is 1. The Bertz CT molecular complexity index is 723. The first-order valence-corrected chi connectivity index (χ1v) is 9.31. The van der Waals surface area contributed by atoms with E-state index in [1.807, 2.05) is 12.3 Å². The molecule has 0 fully saturated rings. The Morgan fingerprint density at radius 3 is 2.75 bits per heavy atom. The van der Waals surface area contributed by atoms with E-state index in [1.165, 1.54) is 17.4 Å². The minimum atomic E-state index is -3.73. The van der Waals surface area contributed by atoms with Crippen LogP contribution in [-0.4, -0.2) is 19.3 Å². The summed E-state index contributed by atoms with van der Waals surface area (Å²) >= 11 is 5.60. The number of thiazole rings is 1. The van der Waals surface area contributed by atoms with Gasteiger partial charge in [-0.3, -0.25) is 10.2 Å². The Morgan fingerprint density at radius 1 is 1.45 bits per heavy atom. The zero-order valence-corrected chi connectivity index (χ0v) is 14.2. The first kappa shape index (κ1) is 15.6. The lowest BCUT2D eigenvalue weighted by Crippen LogP contribution is -2.42. The van der Waals surface area contributed by atoms with Gasteiger partial charge in [0.1, 0.15) is 9.22 Å². The molecule has 2 heterocycles. The van der Waals surface area contributed by atoms with Crippen LogP contribution in [-0.2, 0) is 21.2 Å². The Labute approximate surface area is 132 Å². The molecule has 0 unspecified atom stereocenters. The molecule has 20 heavy (non-hydrogen) atoms. The molecule has 2 aromatic heterocycles. The highest BCUT2D eigenvalue weighted by atomic mass is 79.9. The summed E-state index contributed by atoms with van der Waals surface area (Å²) in [6.07, 6.45) is 0.0369. The van der Waals surface area contributed by atoms with Crippen LogP contribution in [0.15, 0.2) is 25.5 Å². The minimum Gasteiger partial charge on any atom is -0.277 e. The van der Waals surface area contributed by atoms with Crippen LogP contribution in [0.3, 0.4) is 0 Å². The van der Waals surface area contributed by atoms with E-state index < -0.39 is 15.9 Å². The van der Waals surface area contributed by atoms with Gasteiger partial charge in [0.15, 0.2) is 0 Å². The molecular formula is C10H10BrN3O3S3. The summed E-state index contributed by atoms with van der Waals surface area (Å²) < 4.78 is 24.5. The molecule has 1 amide bonds. The molecule has 10 heteroatoms. The van der Waals surface area contributed by atoms with Gasteiger partial charge in [0.25, 0.3) is 10.0 Å². The summed E-state index contributed by atoms with van der Waals surface area (Å²) in [6.45, 7) is 1.83. The zero-order valence-electron chi connectivity index (χ0n) is 10.2. The second-order valence-corrected chi connectivity index (χ2v) is 9.09. The maximum Gasteiger partial charge on any atom is 0.266 e. The van der Waals surface area contributed by atoms with E-state index in [2.05, 4.69) is 31.2 Å². The number of nitrogens with one attached hydrogen (secondary N) is 2. The molecule has 0 aromatic carbocycles. The second-order valence-electron chi connectivity index (χ2n) is 3.77. The Balaban J connectivity index is 1.93. The minimum absolute atomic E-state index is 0.0369. The largest absolute Gasteiger partial charge is 0.277 e. The smallest absolute Gasteiger partial charge is 0.266 e. The zero-order chi connectivity index (χ0) is 14.8. The number of halogens is 1. The highest BCUT2D eigenvalue weighted by molar-refractivity contribution is 9.11. The first-order chi connectivity index (χ1) is 9.37. The highest BCUT2D eigenvalue weighted by Gasteiger charge is 2.17. The lowest BCUT2D eigenvalue weighted by Gasteiger charge is -2.05. The third-order valence-corrected chi connectivity index (χ3v) is 6.45. The van der Waals surface area contributed by atoms with Crippen LogP contribution < -0.4 is 10.3 Å². The molecule has 0 atom stereocenters. The number of aromatic nitrogens is 1. The van der Waals surface area contributed by atoms with E-state index in [0.29, 0.717) is 8.79 Å². The van der Waals surface area contributed by atoms with E-state index >= 15 is 0 Å². The van der Waals surface area contributed by atoms with Crippen molar-refractivity contribution in [3.05, 3.63) is 32.0 Å². The number of amides is 1. The Hall–Kier alpha value is -0.810. The van der Waals surface area contributed by atoms with Gasteiger partial charge in [-0.1, -0.05) is 0 Å². The van der Waals surface area contributed by atoms with Gasteiger partial charge in [-0.05, 0) is 35.0 Å². The third kappa shape index (κ3) is 4.09. The molecule has 2 rings (SSSR count). The quantitative estimate of drug-likeness (QED) is 0.755. The number of carbonyl (C=O) groups is 1. The molecule has 0 aliphatic carbocycles. The van der Waals surface area contributed by atoms with Crippen LogP contribution in [0, 0.1) is 6.92 Å². The van der Waals surface area contributed by atoms with Gasteiger partial charge in [-0.2, -0.15) is 0 Å². The Morgan fingerprint density at radius 2 is 2.20 bits per heavy atom. The summed E-state index contributed by atoms with van der Waals surface area (Å²) in [4.78, 5) is 17.8. The number of rotatable bonds is 5. The van der Waals surface area contributed by atoms with Gasteiger partial charge >= 0.3 is 0 Å². The number of hydrogen-bond donors (Lipinski definition) is 2. The second kappa shape index (κ2) is 6.31. The van der Waals surface area contributed by atoms with Crippen molar-refractivity contribution in [2.75, 3.05) is 0 Å². The molecular weight excluding hydrogens is 386 g/mol. The lowest BCUT2D eigenvalue weighted by atomic mass is 10.4. The molecule has 0 saturated heterocycles. The highest BCUT2D eigenvalue weighted by Crippen LogP contribution is 2.25. The van der Waals surface area contributed by atoms with Crippen molar-refractivity contribution in [3.63, 3.8) is 0 Å². The van der Waals surface area contributed by atoms with E-state index in [1.54, 1.807) is 6.07 Å². The Kier molecular flexibility index (Phi) is 4.91. The summed E-state index contributed by atoms with van der Waals surface area (Å²) in [7, 11) is -3.73. The van der Waals surface area contributed by atoms with Crippen LogP contribution in [0.25, 0.3) is 0 Å². The maximum absolute atomic E-state index is 11.9. The molecule has 0 radical (unpaired) electrons. The molecule has 0 aliphatic rings. The normalized spacial score (nSPS) is 11.5. The van der Waals surface area contributed by atoms with Crippen molar-refractivity contribution in [2.45, 2.75) is 17.6 Å². The van der Waals surface area contributed by atoms with Gasteiger partial charge in [-0.25, -0.2) is 13.4 Å². The monoisotopic (exact) mass is 395 g/mol. The molecule has 0 saturated carbocycles. The van der Waals surface area contributed by atoms with Crippen molar-refractivity contribution in [2.24, 2.45) is 0 Å². The van der Waals surface area contributed by atoms with E-state index in [9.17, 15) is 13.2 Å². The molecule has 0 bridgehead atoms. The fourth-order valence-electron chi connectivity index (χ4n) is 1.28. The summed E-state index contributed by atoms with van der Waals surface area (Å²) in [6, 6.07) is 3.08. The van der Waals surface area contributed by atoms with Crippen LogP contribution >= 0.6 is 38.6 Å². The van der Waals surface area contributed by atoms with Crippen LogP contribution in [0.1, 0.15) is 10.7 Å². The lowest BCUT2D eigenvalue weighted by molar-refractivity contribution is -0.120. The SMILES string of the molecule is Cc1csc(CC(=O)NNS(=O)(=O)c2ccc(Br)s2)n1. The fraction of sp³-hybridized carbons (Fsp3) is 0.200. The first-order valence-electron chi connectivity index (χ1n) is 5.34. The van der Waals surface area contributed by atoms with Crippen LogP contribution in [0.4, 0.5) is 0 Å². The predicted molar refractivity (Wildman–Crippen MR) is 81.0 cm³/mol. The van der Waals surface area contributed by atoms with Crippen LogP contribution in [0.5, 0.6) is 0 Å². The molecule has 0 spiro atoms. The third-order valence-electron chi connectivity index (χ3n) is 2.12. The molecule has 0 aliphatic heterocycles. The van der Waals surface area contributed by atoms with E-state index in [-0.39, 0.29) is 10.6 Å². The maximum atomic E-state index is 11.9. The number of carbonyl (C=O) groups excluding carboxylic acids is 1. The van der Waals surface area contributed by atoms with E-state index in [4.69, 9.17) is 0 Å². The van der Waals surface area contributed by atoms with Gasteiger partial charge < -0.3 is 0 Å². The molecule has 2 N–H and O–H groups in total. The molecule has 2 aromatic rings. The van der Waals surface area contributed by atoms with Crippen molar-refractivity contribution >= 4 is 54.5 Å².